The second kappa shape index (κ2) is 6.06. The zero-order valence-corrected chi connectivity index (χ0v) is 11.9. The van der Waals surface area contributed by atoms with Crippen molar-refractivity contribution in [3.05, 3.63) is 29.3 Å². The van der Waals surface area contributed by atoms with E-state index in [1.807, 2.05) is 36.9 Å². The second-order valence-electron chi connectivity index (χ2n) is 4.94. The number of likely N-dealkylation sites (N-methyl/N-ethyl adjacent to an activating group) is 1. The van der Waals surface area contributed by atoms with Crippen LogP contribution in [0.3, 0.4) is 0 Å². The van der Waals surface area contributed by atoms with E-state index in [1.54, 1.807) is 7.11 Å². The Morgan fingerprint density at radius 2 is 2.32 bits per heavy atom. The Kier molecular flexibility index (Phi) is 4.43. The molecular formula is C15H22N2O2. The average Bonchev–Trinajstić information content (AvgIpc) is 2.93. The molecule has 0 radical (unpaired) electrons. The predicted octanol–water partition coefficient (Wildman–Crippen LogP) is 1.83. The van der Waals surface area contributed by atoms with Gasteiger partial charge in [0, 0.05) is 19.1 Å². The van der Waals surface area contributed by atoms with Crippen molar-refractivity contribution in [1.82, 2.24) is 10.2 Å². The summed E-state index contributed by atoms with van der Waals surface area (Å²) in [5.74, 6) is 0.719. The van der Waals surface area contributed by atoms with E-state index in [0.717, 1.165) is 31.6 Å². The number of carbonyl (C=O) groups is 1. The van der Waals surface area contributed by atoms with E-state index < -0.39 is 0 Å². The molecule has 1 unspecified atom stereocenters. The van der Waals surface area contributed by atoms with Gasteiger partial charge >= 0.3 is 0 Å². The van der Waals surface area contributed by atoms with Gasteiger partial charge < -0.3 is 15.0 Å². The molecular weight excluding hydrogens is 240 g/mol. The highest BCUT2D eigenvalue weighted by atomic mass is 16.5. The molecule has 0 saturated carbocycles. The van der Waals surface area contributed by atoms with Crippen LogP contribution in [0.4, 0.5) is 0 Å². The molecule has 0 aromatic heterocycles. The highest BCUT2D eigenvalue weighted by Gasteiger charge is 2.27. The summed E-state index contributed by atoms with van der Waals surface area (Å²) >= 11 is 0. The Labute approximate surface area is 114 Å². The summed E-state index contributed by atoms with van der Waals surface area (Å²) in [5, 5.41) is 3.31. The van der Waals surface area contributed by atoms with Gasteiger partial charge in [-0.25, -0.2) is 0 Å². The number of hydrogen-bond donors (Lipinski definition) is 1. The molecule has 1 saturated heterocycles. The van der Waals surface area contributed by atoms with Crippen LogP contribution in [-0.2, 0) is 0 Å². The van der Waals surface area contributed by atoms with Crippen LogP contribution in [0.15, 0.2) is 18.2 Å². The van der Waals surface area contributed by atoms with Crippen molar-refractivity contribution >= 4 is 5.91 Å². The third-order valence-corrected chi connectivity index (χ3v) is 3.66. The summed E-state index contributed by atoms with van der Waals surface area (Å²) in [6.07, 6.45) is 1.02. The Morgan fingerprint density at radius 1 is 1.53 bits per heavy atom. The highest BCUT2D eigenvalue weighted by molar-refractivity contribution is 5.97. The molecule has 4 heteroatoms. The standard InChI is InChI=1S/C15H22N2O2/c1-4-17(12-7-8-16-10-12)15(18)13-9-11(2)5-6-14(13)19-3/h5-6,9,12,16H,4,7-8,10H2,1-3H3. The largest absolute Gasteiger partial charge is 0.496 e. The maximum atomic E-state index is 12.7. The Balaban J connectivity index is 2.28. The number of amides is 1. The number of aryl methyl sites for hydroxylation is 1. The first kappa shape index (κ1) is 13.9. The van der Waals surface area contributed by atoms with Crippen molar-refractivity contribution < 1.29 is 9.53 Å². The number of nitrogens with zero attached hydrogens (tertiary/aromatic N) is 1. The quantitative estimate of drug-likeness (QED) is 0.900. The van der Waals surface area contributed by atoms with Crippen LogP contribution in [0.1, 0.15) is 29.3 Å². The van der Waals surface area contributed by atoms with Crippen LogP contribution in [0.2, 0.25) is 0 Å². The maximum absolute atomic E-state index is 12.7. The number of carbonyl (C=O) groups excluding carboxylic acids is 1. The zero-order valence-electron chi connectivity index (χ0n) is 11.9. The van der Waals surface area contributed by atoms with E-state index in [2.05, 4.69) is 5.32 Å². The number of rotatable bonds is 4. The van der Waals surface area contributed by atoms with Gasteiger partial charge in [0.1, 0.15) is 5.75 Å². The molecule has 0 spiro atoms. The van der Waals surface area contributed by atoms with Gasteiger partial charge in [-0.1, -0.05) is 11.6 Å². The van der Waals surface area contributed by atoms with E-state index in [-0.39, 0.29) is 5.91 Å². The SMILES string of the molecule is CCN(C(=O)c1cc(C)ccc1OC)C1CCNC1. The van der Waals surface area contributed by atoms with Crippen LogP contribution in [0, 0.1) is 6.92 Å². The summed E-state index contributed by atoms with van der Waals surface area (Å²) in [5.41, 5.74) is 1.74. The fourth-order valence-electron chi connectivity index (χ4n) is 2.62. The van der Waals surface area contributed by atoms with Crippen LogP contribution in [0.25, 0.3) is 0 Å². The molecule has 1 N–H and O–H groups in total. The summed E-state index contributed by atoms with van der Waals surface area (Å²) in [6.45, 7) is 6.61. The summed E-state index contributed by atoms with van der Waals surface area (Å²) in [7, 11) is 1.61. The molecule has 2 rings (SSSR count). The van der Waals surface area contributed by atoms with Gasteiger partial charge in [-0.2, -0.15) is 0 Å². The summed E-state index contributed by atoms with van der Waals surface area (Å²) in [4.78, 5) is 14.7. The minimum absolute atomic E-state index is 0.0664. The van der Waals surface area contributed by atoms with Crippen molar-refractivity contribution in [2.75, 3.05) is 26.7 Å². The lowest BCUT2D eigenvalue weighted by Gasteiger charge is -2.28. The lowest BCUT2D eigenvalue weighted by atomic mass is 10.1. The number of methoxy groups -OCH3 is 1. The van der Waals surface area contributed by atoms with Crippen molar-refractivity contribution in [3.8, 4) is 5.75 Å². The molecule has 1 aromatic carbocycles. The van der Waals surface area contributed by atoms with E-state index in [1.165, 1.54) is 0 Å². The molecule has 0 aliphatic carbocycles. The van der Waals surface area contributed by atoms with Gasteiger partial charge in [0.05, 0.1) is 12.7 Å². The molecule has 1 aliphatic heterocycles. The smallest absolute Gasteiger partial charge is 0.257 e. The first-order chi connectivity index (χ1) is 9.17. The first-order valence-electron chi connectivity index (χ1n) is 6.83. The van der Waals surface area contributed by atoms with Crippen molar-refractivity contribution in [2.45, 2.75) is 26.3 Å². The number of benzene rings is 1. The lowest BCUT2D eigenvalue weighted by Crippen LogP contribution is -2.41. The lowest BCUT2D eigenvalue weighted by molar-refractivity contribution is 0.0700. The maximum Gasteiger partial charge on any atom is 0.257 e. The van der Waals surface area contributed by atoms with E-state index in [9.17, 15) is 4.79 Å². The third-order valence-electron chi connectivity index (χ3n) is 3.66. The van der Waals surface area contributed by atoms with Crippen molar-refractivity contribution in [1.29, 1.82) is 0 Å². The van der Waals surface area contributed by atoms with Crippen LogP contribution >= 0.6 is 0 Å². The number of nitrogens with one attached hydrogen (secondary N) is 1. The molecule has 1 amide bonds. The predicted molar refractivity (Wildman–Crippen MR) is 75.7 cm³/mol. The van der Waals surface area contributed by atoms with Gasteiger partial charge in [-0.15, -0.1) is 0 Å². The van der Waals surface area contributed by atoms with Crippen LogP contribution in [0.5, 0.6) is 5.75 Å². The summed E-state index contributed by atoms with van der Waals surface area (Å²) < 4.78 is 5.32. The van der Waals surface area contributed by atoms with E-state index in [0.29, 0.717) is 17.4 Å². The van der Waals surface area contributed by atoms with Gasteiger partial charge in [0.2, 0.25) is 0 Å². The van der Waals surface area contributed by atoms with Gasteiger partial charge in [-0.05, 0) is 38.9 Å². The van der Waals surface area contributed by atoms with E-state index >= 15 is 0 Å². The van der Waals surface area contributed by atoms with Gasteiger partial charge in [-0.3, -0.25) is 4.79 Å². The number of hydrogen-bond acceptors (Lipinski definition) is 3. The Bertz CT molecular complexity index is 453. The average molecular weight is 262 g/mol. The normalized spacial score (nSPS) is 18.4. The minimum Gasteiger partial charge on any atom is -0.496 e. The monoisotopic (exact) mass is 262 g/mol. The molecule has 104 valence electrons. The topological polar surface area (TPSA) is 41.6 Å². The van der Waals surface area contributed by atoms with Gasteiger partial charge in [0.15, 0.2) is 0 Å². The molecule has 1 aromatic rings. The Hall–Kier alpha value is -1.55. The Morgan fingerprint density at radius 3 is 2.89 bits per heavy atom. The number of ether oxygens (including phenoxy) is 1. The zero-order chi connectivity index (χ0) is 13.8. The van der Waals surface area contributed by atoms with Crippen LogP contribution in [-0.4, -0.2) is 43.6 Å². The van der Waals surface area contributed by atoms with Crippen molar-refractivity contribution in [3.63, 3.8) is 0 Å². The van der Waals surface area contributed by atoms with Crippen molar-refractivity contribution in [2.24, 2.45) is 0 Å². The molecule has 1 heterocycles. The molecule has 0 bridgehead atoms. The van der Waals surface area contributed by atoms with Crippen LogP contribution < -0.4 is 10.1 Å². The van der Waals surface area contributed by atoms with E-state index in [4.69, 9.17) is 4.74 Å². The molecule has 1 fully saturated rings. The fraction of sp³-hybridized carbons (Fsp3) is 0.533. The minimum atomic E-state index is 0.0664. The molecule has 1 aliphatic rings. The molecule has 4 nitrogen and oxygen atoms in total. The third kappa shape index (κ3) is 2.89. The highest BCUT2D eigenvalue weighted by Crippen LogP contribution is 2.23. The fourth-order valence-corrected chi connectivity index (χ4v) is 2.62. The van der Waals surface area contributed by atoms with Gasteiger partial charge in [0.25, 0.3) is 5.91 Å². The molecule has 19 heavy (non-hydrogen) atoms. The second-order valence-corrected chi connectivity index (χ2v) is 4.94. The summed E-state index contributed by atoms with van der Waals surface area (Å²) in [6, 6.07) is 6.03. The first-order valence-corrected chi connectivity index (χ1v) is 6.83. The molecule has 1 atom stereocenters.